The lowest BCUT2D eigenvalue weighted by atomic mass is 9.99. The first-order valence-corrected chi connectivity index (χ1v) is 11.9. The van der Waals surface area contributed by atoms with Gasteiger partial charge in [-0.1, -0.05) is 6.07 Å². The van der Waals surface area contributed by atoms with E-state index in [0.29, 0.717) is 11.7 Å². The Balaban J connectivity index is 1.53. The lowest BCUT2D eigenvalue weighted by molar-refractivity contribution is 0.244. The molecule has 176 valence electrons. The van der Waals surface area contributed by atoms with E-state index >= 15 is 0 Å². The van der Waals surface area contributed by atoms with Gasteiger partial charge in [-0.3, -0.25) is 9.97 Å². The average Bonchev–Trinajstić information content (AvgIpc) is 2.89. The van der Waals surface area contributed by atoms with Gasteiger partial charge in [0.1, 0.15) is 0 Å². The van der Waals surface area contributed by atoms with Gasteiger partial charge in [0, 0.05) is 64.8 Å². The van der Waals surface area contributed by atoms with Gasteiger partial charge >= 0.3 is 0 Å². The Morgan fingerprint density at radius 2 is 1.91 bits per heavy atom. The Bertz CT molecular complexity index is 1390. The molecule has 1 fully saturated rings. The summed E-state index contributed by atoms with van der Waals surface area (Å²) in [6.07, 6.45) is 11.0. The number of nitrogens with zero attached hydrogens (tertiary/aromatic N) is 5. The standard InChI is InChI=1S/C28H29N7/c1-19-5-3-7-26(33-19)27-14-25(24-6-4-10-31-28(24)34-27)21-13-20(16-30-17-21)22(15-29)18-32-23-8-11-35(2)12-9-23/h3-7,10,13-18,23,29,32H,8-9,11-12H2,1-2H3/b22-18+,29-15?. The van der Waals surface area contributed by atoms with E-state index in [4.69, 9.17) is 10.4 Å². The van der Waals surface area contributed by atoms with Crippen molar-refractivity contribution in [2.24, 2.45) is 0 Å². The lowest BCUT2D eigenvalue weighted by Crippen LogP contribution is -2.38. The highest BCUT2D eigenvalue weighted by atomic mass is 15.1. The minimum atomic E-state index is 0.428. The van der Waals surface area contributed by atoms with Gasteiger partial charge in [-0.15, -0.1) is 0 Å². The predicted octanol–water partition coefficient (Wildman–Crippen LogP) is 4.74. The molecule has 5 heterocycles. The summed E-state index contributed by atoms with van der Waals surface area (Å²) < 4.78 is 0. The molecule has 1 aliphatic heterocycles. The van der Waals surface area contributed by atoms with Crippen LogP contribution in [0.3, 0.4) is 0 Å². The van der Waals surface area contributed by atoms with Crippen molar-refractivity contribution in [3.63, 3.8) is 0 Å². The first kappa shape index (κ1) is 22.8. The van der Waals surface area contributed by atoms with Crippen LogP contribution in [-0.2, 0) is 0 Å². The Labute approximate surface area is 205 Å². The van der Waals surface area contributed by atoms with E-state index < -0.39 is 0 Å². The summed E-state index contributed by atoms with van der Waals surface area (Å²) in [6, 6.07) is 14.4. The number of fused-ring (bicyclic) bond motifs is 1. The maximum Gasteiger partial charge on any atom is 0.160 e. The van der Waals surface area contributed by atoms with Crippen molar-refractivity contribution < 1.29 is 0 Å². The van der Waals surface area contributed by atoms with Gasteiger partial charge < -0.3 is 15.6 Å². The van der Waals surface area contributed by atoms with E-state index in [1.807, 2.05) is 49.7 Å². The molecular formula is C28H29N7. The molecule has 7 heteroatoms. The van der Waals surface area contributed by atoms with Gasteiger partial charge in [-0.2, -0.15) is 0 Å². The van der Waals surface area contributed by atoms with Gasteiger partial charge in [0.2, 0.25) is 0 Å². The van der Waals surface area contributed by atoms with Gasteiger partial charge in [0.15, 0.2) is 5.65 Å². The topological polar surface area (TPSA) is 90.7 Å². The zero-order chi connectivity index (χ0) is 24.2. The molecule has 4 aromatic rings. The highest BCUT2D eigenvalue weighted by molar-refractivity contribution is 6.08. The van der Waals surface area contributed by atoms with Crippen LogP contribution in [0.2, 0.25) is 0 Å². The molecule has 1 saturated heterocycles. The van der Waals surface area contributed by atoms with Crippen LogP contribution in [0.15, 0.2) is 67.3 Å². The van der Waals surface area contributed by atoms with E-state index in [9.17, 15) is 0 Å². The highest BCUT2D eigenvalue weighted by Crippen LogP contribution is 2.31. The van der Waals surface area contributed by atoms with Crippen LogP contribution in [0.25, 0.3) is 39.1 Å². The molecule has 7 nitrogen and oxygen atoms in total. The van der Waals surface area contributed by atoms with Gasteiger partial charge in [-0.05, 0) is 81.9 Å². The van der Waals surface area contributed by atoms with Crippen LogP contribution < -0.4 is 5.32 Å². The molecule has 0 aromatic carbocycles. The van der Waals surface area contributed by atoms with Gasteiger partial charge in [0.25, 0.3) is 0 Å². The minimum Gasteiger partial charge on any atom is -0.388 e. The quantitative estimate of drug-likeness (QED) is 0.402. The fourth-order valence-electron chi connectivity index (χ4n) is 4.45. The summed E-state index contributed by atoms with van der Waals surface area (Å²) >= 11 is 0. The second-order valence-electron chi connectivity index (χ2n) is 9.04. The van der Waals surface area contributed by atoms with Crippen molar-refractivity contribution in [3.05, 3.63) is 78.5 Å². The zero-order valence-corrected chi connectivity index (χ0v) is 20.1. The summed E-state index contributed by atoms with van der Waals surface area (Å²) in [7, 11) is 2.16. The number of piperidine rings is 1. The molecule has 0 atom stereocenters. The third-order valence-electron chi connectivity index (χ3n) is 6.47. The number of pyridine rings is 4. The van der Waals surface area contributed by atoms with Crippen LogP contribution in [0.1, 0.15) is 24.1 Å². The van der Waals surface area contributed by atoms with Crippen LogP contribution in [0.4, 0.5) is 0 Å². The highest BCUT2D eigenvalue weighted by Gasteiger charge is 2.16. The molecule has 0 spiro atoms. The van der Waals surface area contributed by atoms with E-state index in [-0.39, 0.29) is 0 Å². The Hall–Kier alpha value is -3.97. The van der Waals surface area contributed by atoms with Crippen molar-refractivity contribution >= 4 is 22.8 Å². The summed E-state index contributed by atoms with van der Waals surface area (Å²) in [5, 5.41) is 12.5. The molecule has 0 amide bonds. The number of aryl methyl sites for hydroxylation is 1. The molecule has 0 unspecified atom stereocenters. The van der Waals surface area contributed by atoms with Crippen LogP contribution in [0.5, 0.6) is 0 Å². The third kappa shape index (κ3) is 5.10. The van der Waals surface area contributed by atoms with Crippen molar-refractivity contribution in [2.45, 2.75) is 25.8 Å². The second-order valence-corrected chi connectivity index (χ2v) is 9.04. The summed E-state index contributed by atoms with van der Waals surface area (Å²) in [6.45, 7) is 4.15. The van der Waals surface area contributed by atoms with E-state index in [1.54, 1.807) is 12.4 Å². The summed E-state index contributed by atoms with van der Waals surface area (Å²) in [4.78, 5) is 20.8. The Morgan fingerprint density at radius 1 is 1.06 bits per heavy atom. The Kier molecular flexibility index (Phi) is 6.59. The zero-order valence-electron chi connectivity index (χ0n) is 20.1. The second kappa shape index (κ2) is 10.1. The first-order valence-electron chi connectivity index (χ1n) is 11.9. The third-order valence-corrected chi connectivity index (χ3v) is 6.47. The monoisotopic (exact) mass is 463 g/mol. The molecule has 35 heavy (non-hydrogen) atoms. The summed E-state index contributed by atoms with van der Waals surface area (Å²) in [5.41, 5.74) is 6.82. The fraction of sp³-hybridized carbons (Fsp3) is 0.250. The number of aromatic nitrogens is 4. The maximum absolute atomic E-state index is 8.02. The van der Waals surface area contributed by atoms with Crippen molar-refractivity contribution in [2.75, 3.05) is 20.1 Å². The maximum atomic E-state index is 8.02. The van der Waals surface area contributed by atoms with Crippen LogP contribution >= 0.6 is 0 Å². The minimum absolute atomic E-state index is 0.428. The molecule has 5 rings (SSSR count). The van der Waals surface area contributed by atoms with Crippen molar-refractivity contribution in [1.82, 2.24) is 30.2 Å². The molecule has 0 saturated carbocycles. The van der Waals surface area contributed by atoms with Gasteiger partial charge in [-0.25, -0.2) is 9.97 Å². The number of likely N-dealkylation sites (tertiary alicyclic amines) is 1. The first-order chi connectivity index (χ1) is 17.1. The van der Waals surface area contributed by atoms with Crippen molar-refractivity contribution in [1.29, 1.82) is 5.41 Å². The number of rotatable bonds is 6. The van der Waals surface area contributed by atoms with Crippen LogP contribution in [0, 0.1) is 12.3 Å². The van der Waals surface area contributed by atoms with Crippen LogP contribution in [-0.4, -0.2) is 57.2 Å². The summed E-state index contributed by atoms with van der Waals surface area (Å²) in [5.74, 6) is 0. The molecule has 2 N–H and O–H groups in total. The normalized spacial score (nSPS) is 15.3. The smallest absolute Gasteiger partial charge is 0.160 e. The predicted molar refractivity (Wildman–Crippen MR) is 141 cm³/mol. The number of allylic oxidation sites excluding steroid dienone is 1. The number of hydrogen-bond acceptors (Lipinski definition) is 7. The molecule has 0 bridgehead atoms. The molecular weight excluding hydrogens is 434 g/mol. The number of nitrogens with one attached hydrogen (secondary N) is 2. The molecule has 1 aliphatic rings. The van der Waals surface area contributed by atoms with Gasteiger partial charge in [0.05, 0.1) is 11.4 Å². The lowest BCUT2D eigenvalue weighted by Gasteiger charge is -2.29. The number of hydrogen-bond donors (Lipinski definition) is 2. The SMILES string of the molecule is Cc1cccc(-c2cc(-c3cncc(/C(C=N)=C/NC4CCN(C)CC4)c3)c3cccnc3n2)n1. The molecule has 0 radical (unpaired) electrons. The van der Waals surface area contributed by atoms with E-state index in [1.165, 1.54) is 6.21 Å². The molecule has 0 aliphatic carbocycles. The average molecular weight is 464 g/mol. The fourth-order valence-corrected chi connectivity index (χ4v) is 4.45. The largest absolute Gasteiger partial charge is 0.388 e. The van der Waals surface area contributed by atoms with E-state index in [0.717, 1.165) is 70.7 Å². The Morgan fingerprint density at radius 3 is 2.71 bits per heavy atom. The molecule has 4 aromatic heterocycles. The van der Waals surface area contributed by atoms with Crippen molar-refractivity contribution in [3.8, 4) is 22.5 Å². The van der Waals surface area contributed by atoms with E-state index in [2.05, 4.69) is 44.3 Å².